The van der Waals surface area contributed by atoms with Gasteiger partial charge in [0.15, 0.2) is 11.6 Å². The molecule has 17 heavy (non-hydrogen) atoms. The Morgan fingerprint density at radius 2 is 1.94 bits per heavy atom. The second kappa shape index (κ2) is 7.51. The molecule has 0 unspecified atom stereocenters. The van der Waals surface area contributed by atoms with Gasteiger partial charge in [0, 0.05) is 0 Å². The maximum atomic E-state index is 13.2. The number of piperidine rings is 1. The third kappa shape index (κ3) is 4.52. The first-order valence-electron chi connectivity index (χ1n) is 5.94. The van der Waals surface area contributed by atoms with Gasteiger partial charge in [-0.25, -0.2) is 4.39 Å². The quantitative estimate of drug-likeness (QED) is 0.898. The normalized spacial score (nSPS) is 16.3. The van der Waals surface area contributed by atoms with E-state index in [1.54, 1.807) is 18.2 Å². The van der Waals surface area contributed by atoms with Gasteiger partial charge in [0.1, 0.15) is 0 Å². The lowest BCUT2D eigenvalue weighted by molar-refractivity contribution is 0.244. The van der Waals surface area contributed by atoms with Gasteiger partial charge in [0.05, 0.1) is 6.61 Å². The van der Waals surface area contributed by atoms with Crippen LogP contribution in [-0.4, -0.2) is 19.7 Å². The Morgan fingerprint density at radius 1 is 1.24 bits per heavy atom. The number of nitrogens with one attached hydrogen (secondary N) is 1. The van der Waals surface area contributed by atoms with E-state index >= 15 is 0 Å². The number of hydrogen-bond donors (Lipinski definition) is 1. The molecule has 4 heteroatoms. The zero-order valence-electron chi connectivity index (χ0n) is 9.82. The third-order valence-corrected chi connectivity index (χ3v) is 3.08. The Morgan fingerprint density at radius 3 is 2.65 bits per heavy atom. The first-order valence-corrected chi connectivity index (χ1v) is 5.94. The van der Waals surface area contributed by atoms with Crippen LogP contribution < -0.4 is 10.1 Å². The highest BCUT2D eigenvalue weighted by Crippen LogP contribution is 2.19. The maximum Gasteiger partial charge on any atom is 0.165 e. The van der Waals surface area contributed by atoms with Gasteiger partial charge in [-0.1, -0.05) is 12.1 Å². The van der Waals surface area contributed by atoms with Crippen molar-refractivity contribution in [3.8, 4) is 5.75 Å². The minimum absolute atomic E-state index is 0. The van der Waals surface area contributed by atoms with Crippen LogP contribution in [0.4, 0.5) is 4.39 Å². The van der Waals surface area contributed by atoms with Crippen LogP contribution in [-0.2, 0) is 0 Å². The highest BCUT2D eigenvalue weighted by Gasteiger charge is 2.12. The van der Waals surface area contributed by atoms with Crippen molar-refractivity contribution >= 4 is 12.4 Å². The van der Waals surface area contributed by atoms with E-state index in [0.717, 1.165) is 25.4 Å². The molecule has 0 atom stereocenters. The van der Waals surface area contributed by atoms with Crippen molar-refractivity contribution in [2.45, 2.75) is 19.3 Å². The Balaban J connectivity index is 0.00000144. The molecule has 0 saturated carbocycles. The van der Waals surface area contributed by atoms with Crippen LogP contribution in [0.2, 0.25) is 0 Å². The molecule has 0 amide bonds. The van der Waals surface area contributed by atoms with Gasteiger partial charge in [0.25, 0.3) is 0 Å². The number of halogens is 2. The van der Waals surface area contributed by atoms with Crippen LogP contribution in [0, 0.1) is 11.7 Å². The van der Waals surface area contributed by atoms with Crippen LogP contribution >= 0.6 is 12.4 Å². The van der Waals surface area contributed by atoms with Crippen molar-refractivity contribution in [3.63, 3.8) is 0 Å². The molecule has 2 rings (SSSR count). The molecule has 1 N–H and O–H groups in total. The summed E-state index contributed by atoms with van der Waals surface area (Å²) in [4.78, 5) is 0. The van der Waals surface area contributed by atoms with Crippen LogP contribution in [0.15, 0.2) is 24.3 Å². The maximum absolute atomic E-state index is 13.2. The lowest BCUT2D eigenvalue weighted by Gasteiger charge is -2.22. The van der Waals surface area contributed by atoms with E-state index in [1.165, 1.54) is 18.9 Å². The van der Waals surface area contributed by atoms with Crippen LogP contribution in [0.3, 0.4) is 0 Å². The molecule has 0 aromatic heterocycles. The summed E-state index contributed by atoms with van der Waals surface area (Å²) in [7, 11) is 0. The van der Waals surface area contributed by atoms with E-state index in [9.17, 15) is 4.39 Å². The molecule has 0 radical (unpaired) electrons. The summed E-state index contributed by atoms with van der Waals surface area (Å²) in [6.45, 7) is 2.82. The average molecular weight is 260 g/mol. The molecule has 0 bridgehead atoms. The van der Waals surface area contributed by atoms with Crippen LogP contribution in [0.25, 0.3) is 0 Å². The molecule has 1 fully saturated rings. The second-order valence-electron chi connectivity index (χ2n) is 4.26. The lowest BCUT2D eigenvalue weighted by atomic mass is 9.95. The molecule has 1 heterocycles. The third-order valence-electron chi connectivity index (χ3n) is 3.08. The van der Waals surface area contributed by atoms with E-state index in [-0.39, 0.29) is 18.2 Å². The molecule has 0 aliphatic carbocycles. The Hall–Kier alpha value is -0.800. The first-order chi connectivity index (χ1) is 7.86. The van der Waals surface area contributed by atoms with Crippen molar-refractivity contribution in [2.75, 3.05) is 19.7 Å². The van der Waals surface area contributed by atoms with Crippen molar-refractivity contribution < 1.29 is 9.13 Å². The average Bonchev–Trinajstić information content (AvgIpc) is 2.33. The van der Waals surface area contributed by atoms with Crippen molar-refractivity contribution in [1.82, 2.24) is 5.32 Å². The number of para-hydroxylation sites is 1. The topological polar surface area (TPSA) is 21.3 Å². The van der Waals surface area contributed by atoms with E-state index in [1.807, 2.05) is 0 Å². The van der Waals surface area contributed by atoms with Gasteiger partial charge in [-0.3, -0.25) is 0 Å². The molecule has 1 aromatic rings. The van der Waals surface area contributed by atoms with Gasteiger partial charge in [0.2, 0.25) is 0 Å². The van der Waals surface area contributed by atoms with Crippen LogP contribution in [0.5, 0.6) is 5.75 Å². The SMILES string of the molecule is Cl.Fc1ccccc1OCCC1CCNCC1. The number of rotatable bonds is 4. The smallest absolute Gasteiger partial charge is 0.165 e. The lowest BCUT2D eigenvalue weighted by Crippen LogP contribution is -2.28. The highest BCUT2D eigenvalue weighted by molar-refractivity contribution is 5.85. The summed E-state index contributed by atoms with van der Waals surface area (Å²) in [6.07, 6.45) is 3.44. The summed E-state index contributed by atoms with van der Waals surface area (Å²) in [5.41, 5.74) is 0. The van der Waals surface area contributed by atoms with E-state index in [4.69, 9.17) is 4.74 Å². The number of benzene rings is 1. The highest BCUT2D eigenvalue weighted by atomic mass is 35.5. The summed E-state index contributed by atoms with van der Waals surface area (Å²) in [5.74, 6) is 0.831. The number of ether oxygens (including phenoxy) is 1. The second-order valence-corrected chi connectivity index (χ2v) is 4.26. The van der Waals surface area contributed by atoms with Gasteiger partial charge in [-0.15, -0.1) is 12.4 Å². The molecular formula is C13H19ClFNO. The molecule has 1 aliphatic heterocycles. The standard InChI is InChI=1S/C13H18FNO.ClH/c14-12-3-1-2-4-13(12)16-10-7-11-5-8-15-9-6-11;/h1-4,11,15H,5-10H2;1H. The first kappa shape index (κ1) is 14.3. The Labute approximate surface area is 108 Å². The summed E-state index contributed by atoms with van der Waals surface area (Å²) in [5, 5.41) is 3.33. The van der Waals surface area contributed by atoms with Gasteiger partial charge in [-0.05, 0) is 50.4 Å². The fraction of sp³-hybridized carbons (Fsp3) is 0.538. The predicted octanol–water partition coefficient (Wildman–Crippen LogP) is 3.02. The number of hydrogen-bond acceptors (Lipinski definition) is 2. The van der Waals surface area contributed by atoms with Gasteiger partial charge < -0.3 is 10.1 Å². The van der Waals surface area contributed by atoms with E-state index < -0.39 is 0 Å². The molecule has 1 aliphatic rings. The predicted molar refractivity (Wildman–Crippen MR) is 69.4 cm³/mol. The van der Waals surface area contributed by atoms with E-state index in [0.29, 0.717) is 12.4 Å². The van der Waals surface area contributed by atoms with E-state index in [2.05, 4.69) is 5.32 Å². The van der Waals surface area contributed by atoms with Crippen LogP contribution in [0.1, 0.15) is 19.3 Å². The fourth-order valence-electron chi connectivity index (χ4n) is 2.07. The monoisotopic (exact) mass is 259 g/mol. The van der Waals surface area contributed by atoms with Gasteiger partial charge >= 0.3 is 0 Å². The van der Waals surface area contributed by atoms with Crippen molar-refractivity contribution in [3.05, 3.63) is 30.1 Å². The largest absolute Gasteiger partial charge is 0.491 e. The summed E-state index contributed by atoms with van der Waals surface area (Å²) in [6, 6.07) is 6.58. The van der Waals surface area contributed by atoms with Gasteiger partial charge in [-0.2, -0.15) is 0 Å². The zero-order valence-corrected chi connectivity index (χ0v) is 10.6. The molecule has 1 saturated heterocycles. The van der Waals surface area contributed by atoms with Crippen molar-refractivity contribution in [2.24, 2.45) is 5.92 Å². The minimum Gasteiger partial charge on any atom is -0.491 e. The Bertz CT molecular complexity index is 329. The zero-order chi connectivity index (χ0) is 11.2. The molecule has 1 aromatic carbocycles. The molecule has 96 valence electrons. The Kier molecular flexibility index (Phi) is 6.30. The fourth-order valence-corrected chi connectivity index (χ4v) is 2.07. The summed E-state index contributed by atoms with van der Waals surface area (Å²) < 4.78 is 18.7. The molecular weight excluding hydrogens is 241 g/mol. The minimum atomic E-state index is -0.271. The molecule has 0 spiro atoms. The van der Waals surface area contributed by atoms with Crippen molar-refractivity contribution in [1.29, 1.82) is 0 Å². The molecule has 2 nitrogen and oxygen atoms in total. The summed E-state index contributed by atoms with van der Waals surface area (Å²) >= 11 is 0.